The number of nitro benzene ring substituents is 1. The van der Waals surface area contributed by atoms with Gasteiger partial charge in [0.2, 0.25) is 15.9 Å². The summed E-state index contributed by atoms with van der Waals surface area (Å²) in [6.45, 7) is 5.44. The lowest BCUT2D eigenvalue weighted by Gasteiger charge is -2.31. The van der Waals surface area contributed by atoms with E-state index >= 15 is 0 Å². The molecule has 1 N–H and O–H groups in total. The predicted octanol–water partition coefficient (Wildman–Crippen LogP) is 3.60. The van der Waals surface area contributed by atoms with Gasteiger partial charge in [0, 0.05) is 17.2 Å². The molecule has 2 aromatic rings. The van der Waals surface area contributed by atoms with E-state index in [9.17, 15) is 23.3 Å². The third kappa shape index (κ3) is 6.33. The number of non-ortho nitro benzene ring substituents is 1. The monoisotopic (exact) mass is 483 g/mol. The summed E-state index contributed by atoms with van der Waals surface area (Å²) >= 11 is 6.06. The largest absolute Gasteiger partial charge is 0.492 e. The topological polar surface area (TPSA) is 119 Å². The van der Waals surface area contributed by atoms with E-state index in [-0.39, 0.29) is 30.9 Å². The normalized spacial score (nSPS) is 12.2. The molecule has 0 bridgehead atoms. The van der Waals surface area contributed by atoms with E-state index in [1.54, 1.807) is 26.0 Å². The molecule has 1 atom stereocenters. The maximum Gasteiger partial charge on any atom is 0.271 e. The Balaban J connectivity index is 2.17. The fourth-order valence-corrected chi connectivity index (χ4v) is 4.54. The summed E-state index contributed by atoms with van der Waals surface area (Å²) in [7, 11) is -3.92. The Bertz CT molecular complexity index is 1110. The van der Waals surface area contributed by atoms with E-state index in [0.29, 0.717) is 16.3 Å². The summed E-state index contributed by atoms with van der Waals surface area (Å²) in [5.41, 5.74) is 1.23. The molecule has 0 radical (unpaired) electrons. The van der Waals surface area contributed by atoms with Crippen molar-refractivity contribution in [3.8, 4) is 5.75 Å². The fourth-order valence-electron chi connectivity index (χ4n) is 3.11. The molecule has 0 aromatic heterocycles. The van der Waals surface area contributed by atoms with Crippen LogP contribution in [0.1, 0.15) is 24.5 Å². The number of carbonyl (C=O) groups is 1. The first-order chi connectivity index (χ1) is 15.0. The third-order valence-electron chi connectivity index (χ3n) is 4.78. The first kappa shape index (κ1) is 25.4. The van der Waals surface area contributed by atoms with Gasteiger partial charge in [-0.15, -0.1) is 0 Å². The van der Waals surface area contributed by atoms with Crippen molar-refractivity contribution < 1.29 is 22.9 Å². The summed E-state index contributed by atoms with van der Waals surface area (Å²) in [6.07, 6.45) is 1.13. The number of hydrogen-bond donors (Lipinski definition) is 1. The summed E-state index contributed by atoms with van der Waals surface area (Å²) < 4.78 is 31.7. The van der Waals surface area contributed by atoms with Crippen LogP contribution in [-0.4, -0.2) is 44.7 Å². The summed E-state index contributed by atoms with van der Waals surface area (Å²) in [5, 5.41) is 14.4. The molecule has 0 fully saturated rings. The van der Waals surface area contributed by atoms with Crippen molar-refractivity contribution in [1.29, 1.82) is 0 Å². The van der Waals surface area contributed by atoms with E-state index in [1.165, 1.54) is 12.1 Å². The van der Waals surface area contributed by atoms with Crippen LogP contribution < -0.4 is 14.4 Å². The van der Waals surface area contributed by atoms with Crippen LogP contribution in [0, 0.1) is 24.0 Å². The molecule has 2 rings (SSSR count). The molecule has 0 unspecified atom stereocenters. The molecule has 0 aliphatic heterocycles. The van der Waals surface area contributed by atoms with E-state index in [2.05, 4.69) is 5.32 Å². The minimum absolute atomic E-state index is 0.0919. The van der Waals surface area contributed by atoms with E-state index in [1.807, 2.05) is 13.0 Å². The second kappa shape index (κ2) is 10.6. The number of carbonyl (C=O) groups excluding carboxylic acids is 1. The van der Waals surface area contributed by atoms with Crippen molar-refractivity contribution in [3.05, 3.63) is 62.7 Å². The number of nitro groups is 1. The number of hydrogen-bond acceptors (Lipinski definition) is 6. The van der Waals surface area contributed by atoms with Crippen LogP contribution in [-0.2, 0) is 14.8 Å². The van der Waals surface area contributed by atoms with Gasteiger partial charge in [-0.2, -0.15) is 0 Å². The highest BCUT2D eigenvalue weighted by Crippen LogP contribution is 2.30. The molecule has 1 amide bonds. The minimum atomic E-state index is -3.92. The number of halogens is 1. The molecule has 32 heavy (non-hydrogen) atoms. The van der Waals surface area contributed by atoms with Crippen molar-refractivity contribution >= 4 is 38.9 Å². The van der Waals surface area contributed by atoms with Crippen LogP contribution in [0.5, 0.6) is 5.75 Å². The summed E-state index contributed by atoms with van der Waals surface area (Å²) in [5.74, 6) is 0.0150. The van der Waals surface area contributed by atoms with Gasteiger partial charge in [0.05, 0.1) is 23.4 Å². The van der Waals surface area contributed by atoms with E-state index in [4.69, 9.17) is 16.3 Å². The zero-order chi connectivity index (χ0) is 24.1. The Kier molecular flexibility index (Phi) is 8.45. The number of nitrogens with zero attached hydrogens (tertiary/aromatic N) is 2. The van der Waals surface area contributed by atoms with Crippen molar-refractivity contribution in [2.24, 2.45) is 0 Å². The predicted molar refractivity (Wildman–Crippen MR) is 124 cm³/mol. The quantitative estimate of drug-likeness (QED) is 0.313. The van der Waals surface area contributed by atoms with Gasteiger partial charge >= 0.3 is 0 Å². The third-order valence-corrected chi connectivity index (χ3v) is 6.36. The summed E-state index contributed by atoms with van der Waals surface area (Å²) in [6, 6.07) is 8.06. The molecule has 0 aliphatic carbocycles. The Hall–Kier alpha value is -2.85. The number of benzene rings is 2. The zero-order valence-corrected chi connectivity index (χ0v) is 19.9. The van der Waals surface area contributed by atoms with Gasteiger partial charge in [-0.3, -0.25) is 19.2 Å². The van der Waals surface area contributed by atoms with E-state index in [0.717, 1.165) is 22.2 Å². The Labute approximate surface area is 192 Å². The highest BCUT2D eigenvalue weighted by Gasteiger charge is 2.33. The Morgan fingerprint density at radius 2 is 1.88 bits per heavy atom. The number of nitrogens with one attached hydrogen (secondary N) is 1. The van der Waals surface area contributed by atoms with Crippen LogP contribution in [0.3, 0.4) is 0 Å². The lowest BCUT2D eigenvalue weighted by atomic mass is 10.1. The van der Waals surface area contributed by atoms with Crippen molar-refractivity contribution in [2.45, 2.75) is 33.2 Å². The molecule has 0 aliphatic rings. The second-order valence-corrected chi connectivity index (χ2v) is 9.53. The van der Waals surface area contributed by atoms with Crippen LogP contribution in [0.25, 0.3) is 0 Å². The first-order valence-corrected chi connectivity index (χ1v) is 12.1. The molecule has 11 heteroatoms. The van der Waals surface area contributed by atoms with Gasteiger partial charge in [0.15, 0.2) is 0 Å². The van der Waals surface area contributed by atoms with Gasteiger partial charge in [-0.05, 0) is 43.5 Å². The molecular weight excluding hydrogens is 458 g/mol. The molecule has 9 nitrogen and oxygen atoms in total. The highest BCUT2D eigenvalue weighted by atomic mass is 35.5. The molecule has 0 heterocycles. The number of rotatable bonds is 10. The van der Waals surface area contributed by atoms with Gasteiger partial charge in [0.1, 0.15) is 18.4 Å². The molecule has 2 aromatic carbocycles. The van der Waals surface area contributed by atoms with Gasteiger partial charge < -0.3 is 10.1 Å². The Morgan fingerprint density at radius 1 is 1.22 bits per heavy atom. The lowest BCUT2D eigenvalue weighted by Crippen LogP contribution is -2.50. The van der Waals surface area contributed by atoms with Crippen molar-refractivity contribution in [1.82, 2.24) is 5.32 Å². The van der Waals surface area contributed by atoms with Crippen LogP contribution >= 0.6 is 11.6 Å². The molecule has 0 saturated heterocycles. The number of amides is 1. The average Bonchev–Trinajstić information content (AvgIpc) is 2.71. The molecule has 0 saturated carbocycles. The second-order valence-electron chi connectivity index (χ2n) is 7.26. The number of sulfonamides is 1. The van der Waals surface area contributed by atoms with E-state index < -0.39 is 26.9 Å². The number of ether oxygens (including phenoxy) is 1. The average molecular weight is 484 g/mol. The highest BCUT2D eigenvalue weighted by molar-refractivity contribution is 7.92. The lowest BCUT2D eigenvalue weighted by molar-refractivity contribution is -0.384. The number of anilines is 1. The van der Waals surface area contributed by atoms with Crippen LogP contribution in [0.15, 0.2) is 36.4 Å². The fraction of sp³-hybridized carbons (Fsp3) is 0.381. The molecule has 0 spiro atoms. The van der Waals surface area contributed by atoms with Gasteiger partial charge in [-0.25, -0.2) is 8.42 Å². The van der Waals surface area contributed by atoms with Crippen LogP contribution in [0.4, 0.5) is 11.4 Å². The van der Waals surface area contributed by atoms with Gasteiger partial charge in [-0.1, -0.05) is 30.7 Å². The minimum Gasteiger partial charge on any atom is -0.492 e. The van der Waals surface area contributed by atoms with Gasteiger partial charge in [0.25, 0.3) is 5.69 Å². The SMILES string of the molecule is CC[C@@H](C(=O)NCCOc1ccc(C)c(Cl)c1)N(c1cc([N+](=O)[O-])ccc1C)S(C)(=O)=O. The maximum atomic E-state index is 12.8. The smallest absolute Gasteiger partial charge is 0.271 e. The van der Waals surface area contributed by atoms with Crippen molar-refractivity contribution in [3.63, 3.8) is 0 Å². The molecular formula is C21H26ClN3O6S. The van der Waals surface area contributed by atoms with Crippen molar-refractivity contribution in [2.75, 3.05) is 23.7 Å². The maximum absolute atomic E-state index is 12.8. The summed E-state index contributed by atoms with van der Waals surface area (Å²) in [4.78, 5) is 23.4. The zero-order valence-electron chi connectivity index (χ0n) is 18.3. The standard InChI is InChI=1S/C21H26ClN3O6S/c1-5-19(21(26)23-10-11-31-17-9-7-14(2)18(22)13-17)24(32(4,29)30)20-12-16(25(27)28)8-6-15(20)3/h6-9,12-13,19H,5,10-11H2,1-4H3,(H,23,26)/t19-/m0/s1. The van der Waals surface area contributed by atoms with Crippen LogP contribution in [0.2, 0.25) is 5.02 Å². The first-order valence-electron chi connectivity index (χ1n) is 9.86. The number of aryl methyl sites for hydroxylation is 2. The molecule has 174 valence electrons. The Morgan fingerprint density at radius 3 is 2.44 bits per heavy atom.